The van der Waals surface area contributed by atoms with Crippen LogP contribution in [-0.4, -0.2) is 10.1 Å². The molecule has 0 aliphatic heterocycles. The van der Waals surface area contributed by atoms with Crippen LogP contribution in [0.15, 0.2) is 22.7 Å². The van der Waals surface area contributed by atoms with Crippen molar-refractivity contribution >= 4 is 11.6 Å². The summed E-state index contributed by atoms with van der Waals surface area (Å²) in [4.78, 5) is 3.91. The Morgan fingerprint density at radius 3 is 2.86 bits per heavy atom. The lowest BCUT2D eigenvalue weighted by Gasteiger charge is -1.97. The lowest BCUT2D eigenvalue weighted by atomic mass is 10.2. The Bertz CT molecular complexity index is 470. The summed E-state index contributed by atoms with van der Waals surface area (Å²) >= 11 is 5.61. The van der Waals surface area contributed by atoms with Crippen LogP contribution in [0.1, 0.15) is 5.82 Å². The predicted molar refractivity (Wildman–Crippen MR) is 49.4 cm³/mol. The molecule has 72 valence electrons. The highest BCUT2D eigenvalue weighted by molar-refractivity contribution is 6.31. The number of nitrogens with zero attached hydrogens (tertiary/aromatic N) is 2. The molecule has 0 unspecified atom stereocenters. The Balaban J connectivity index is 2.57. The molecule has 2 rings (SSSR count). The van der Waals surface area contributed by atoms with Gasteiger partial charge in [-0.1, -0.05) is 22.8 Å². The summed E-state index contributed by atoms with van der Waals surface area (Å²) in [7, 11) is 0. The fourth-order valence-corrected chi connectivity index (χ4v) is 1.25. The maximum absolute atomic E-state index is 13.4. The van der Waals surface area contributed by atoms with E-state index in [1.807, 2.05) is 0 Å². The zero-order valence-electron chi connectivity index (χ0n) is 7.29. The van der Waals surface area contributed by atoms with Gasteiger partial charge in [0.15, 0.2) is 11.6 Å². The maximum Gasteiger partial charge on any atom is 0.260 e. The topological polar surface area (TPSA) is 38.9 Å². The molecule has 5 heteroatoms. The fraction of sp³-hybridized carbons (Fsp3) is 0.111. The maximum atomic E-state index is 13.4. The number of hydrogen-bond acceptors (Lipinski definition) is 3. The van der Waals surface area contributed by atoms with Crippen molar-refractivity contribution in [2.75, 3.05) is 0 Å². The van der Waals surface area contributed by atoms with Crippen LogP contribution < -0.4 is 0 Å². The fourth-order valence-electron chi connectivity index (χ4n) is 1.08. The van der Waals surface area contributed by atoms with E-state index in [0.29, 0.717) is 5.82 Å². The van der Waals surface area contributed by atoms with Crippen molar-refractivity contribution in [3.05, 3.63) is 34.9 Å². The lowest BCUT2D eigenvalue weighted by Crippen LogP contribution is -1.85. The lowest BCUT2D eigenvalue weighted by molar-refractivity contribution is 0.423. The quantitative estimate of drug-likeness (QED) is 0.730. The Morgan fingerprint density at radius 1 is 1.43 bits per heavy atom. The first-order valence-corrected chi connectivity index (χ1v) is 4.31. The van der Waals surface area contributed by atoms with Gasteiger partial charge in [0.25, 0.3) is 5.89 Å². The second kappa shape index (κ2) is 3.38. The molecule has 1 aromatic carbocycles. The van der Waals surface area contributed by atoms with Crippen LogP contribution >= 0.6 is 11.6 Å². The Hall–Kier alpha value is -1.42. The van der Waals surface area contributed by atoms with Gasteiger partial charge in [0.2, 0.25) is 0 Å². The van der Waals surface area contributed by atoms with Crippen molar-refractivity contribution < 1.29 is 8.91 Å². The van der Waals surface area contributed by atoms with E-state index in [1.54, 1.807) is 13.0 Å². The number of halogens is 2. The van der Waals surface area contributed by atoms with Crippen LogP contribution in [0.5, 0.6) is 0 Å². The van der Waals surface area contributed by atoms with Gasteiger partial charge < -0.3 is 4.52 Å². The first-order valence-electron chi connectivity index (χ1n) is 3.93. The van der Waals surface area contributed by atoms with Crippen molar-refractivity contribution in [1.82, 2.24) is 10.1 Å². The molecule has 0 spiro atoms. The summed E-state index contributed by atoms with van der Waals surface area (Å²) in [5.74, 6) is 0.0553. The second-order valence-electron chi connectivity index (χ2n) is 2.75. The van der Waals surface area contributed by atoms with Crippen LogP contribution in [0.2, 0.25) is 5.02 Å². The van der Waals surface area contributed by atoms with Crippen LogP contribution in [0, 0.1) is 12.7 Å². The molecule has 14 heavy (non-hydrogen) atoms. The molecule has 0 saturated carbocycles. The predicted octanol–water partition coefficient (Wildman–Crippen LogP) is 2.84. The molecule has 1 heterocycles. The summed E-state index contributed by atoms with van der Waals surface area (Å²) in [6.45, 7) is 1.66. The number of hydrogen-bond donors (Lipinski definition) is 0. The molecule has 0 atom stereocenters. The Labute approximate surface area is 84.5 Å². The average Bonchev–Trinajstić information content (AvgIpc) is 2.57. The number of aryl methyl sites for hydroxylation is 1. The molecule has 1 aromatic heterocycles. The Kier molecular flexibility index (Phi) is 2.21. The molecule has 0 aliphatic rings. The van der Waals surface area contributed by atoms with E-state index in [4.69, 9.17) is 16.1 Å². The zero-order chi connectivity index (χ0) is 10.1. The van der Waals surface area contributed by atoms with Gasteiger partial charge in [0, 0.05) is 0 Å². The van der Waals surface area contributed by atoms with Gasteiger partial charge >= 0.3 is 0 Å². The Morgan fingerprint density at radius 2 is 2.21 bits per heavy atom. The monoisotopic (exact) mass is 212 g/mol. The van der Waals surface area contributed by atoms with Crippen molar-refractivity contribution in [2.24, 2.45) is 0 Å². The van der Waals surface area contributed by atoms with Gasteiger partial charge in [-0.3, -0.25) is 0 Å². The molecule has 0 N–H and O–H groups in total. The molecular weight excluding hydrogens is 207 g/mol. The van der Waals surface area contributed by atoms with E-state index in [9.17, 15) is 4.39 Å². The number of rotatable bonds is 1. The van der Waals surface area contributed by atoms with Crippen molar-refractivity contribution in [2.45, 2.75) is 6.92 Å². The normalized spacial score (nSPS) is 10.5. The van der Waals surface area contributed by atoms with Gasteiger partial charge in [0.1, 0.15) is 0 Å². The standard InChI is InChI=1S/C9H6ClFN2O/c1-5-12-9(14-13-5)6-3-2-4-7(10)8(6)11/h2-4H,1H3. The van der Waals surface area contributed by atoms with Crippen molar-refractivity contribution in [3.63, 3.8) is 0 Å². The highest BCUT2D eigenvalue weighted by atomic mass is 35.5. The first-order chi connectivity index (χ1) is 6.68. The molecule has 0 radical (unpaired) electrons. The molecule has 0 fully saturated rings. The van der Waals surface area contributed by atoms with Gasteiger partial charge in [-0.05, 0) is 19.1 Å². The van der Waals surface area contributed by atoms with Gasteiger partial charge in [-0.15, -0.1) is 0 Å². The largest absolute Gasteiger partial charge is 0.334 e. The first kappa shape index (κ1) is 9.15. The SMILES string of the molecule is Cc1noc(-c2cccc(Cl)c2F)n1. The van der Waals surface area contributed by atoms with Gasteiger partial charge in [-0.25, -0.2) is 4.39 Å². The molecule has 0 bridgehead atoms. The van der Waals surface area contributed by atoms with Crippen LogP contribution in [0.3, 0.4) is 0 Å². The molecule has 2 aromatic rings. The van der Waals surface area contributed by atoms with E-state index < -0.39 is 5.82 Å². The minimum atomic E-state index is -0.544. The number of benzene rings is 1. The zero-order valence-corrected chi connectivity index (χ0v) is 8.05. The minimum absolute atomic E-state index is 0.0401. The average molecular weight is 213 g/mol. The third-order valence-corrected chi connectivity index (χ3v) is 2.00. The van der Waals surface area contributed by atoms with Crippen LogP contribution in [0.4, 0.5) is 4.39 Å². The summed E-state index contributed by atoms with van der Waals surface area (Å²) in [6.07, 6.45) is 0. The van der Waals surface area contributed by atoms with E-state index >= 15 is 0 Å². The van der Waals surface area contributed by atoms with Gasteiger partial charge in [-0.2, -0.15) is 4.98 Å². The summed E-state index contributed by atoms with van der Waals surface area (Å²) in [5.41, 5.74) is 0.220. The third-order valence-electron chi connectivity index (χ3n) is 1.71. The van der Waals surface area contributed by atoms with Crippen LogP contribution in [-0.2, 0) is 0 Å². The van der Waals surface area contributed by atoms with Crippen molar-refractivity contribution in [3.8, 4) is 11.5 Å². The van der Waals surface area contributed by atoms with E-state index in [2.05, 4.69) is 10.1 Å². The third kappa shape index (κ3) is 1.48. The second-order valence-corrected chi connectivity index (χ2v) is 3.16. The van der Waals surface area contributed by atoms with Crippen LogP contribution in [0.25, 0.3) is 11.5 Å². The summed E-state index contributed by atoms with van der Waals surface area (Å²) in [6, 6.07) is 4.62. The highest BCUT2D eigenvalue weighted by Crippen LogP contribution is 2.25. The number of aromatic nitrogens is 2. The highest BCUT2D eigenvalue weighted by Gasteiger charge is 2.13. The molecule has 0 saturated heterocycles. The summed E-state index contributed by atoms with van der Waals surface area (Å²) in [5, 5.41) is 3.61. The van der Waals surface area contributed by atoms with E-state index in [1.165, 1.54) is 12.1 Å². The smallest absolute Gasteiger partial charge is 0.260 e. The van der Waals surface area contributed by atoms with E-state index in [0.717, 1.165) is 0 Å². The van der Waals surface area contributed by atoms with Crippen molar-refractivity contribution in [1.29, 1.82) is 0 Å². The summed E-state index contributed by atoms with van der Waals surface area (Å²) < 4.78 is 18.3. The molecule has 3 nitrogen and oxygen atoms in total. The van der Waals surface area contributed by atoms with E-state index in [-0.39, 0.29) is 16.5 Å². The molecular formula is C9H6ClFN2O. The van der Waals surface area contributed by atoms with Gasteiger partial charge in [0.05, 0.1) is 10.6 Å². The molecule has 0 aliphatic carbocycles. The minimum Gasteiger partial charge on any atom is -0.334 e. The molecule has 0 amide bonds.